The molecule has 0 aliphatic rings. The fraction of sp³-hybridized carbons (Fsp3) is 0.417. The second-order valence-corrected chi connectivity index (χ2v) is 4.08. The molecule has 5 nitrogen and oxygen atoms in total. The van der Waals surface area contributed by atoms with Crippen molar-refractivity contribution in [3.63, 3.8) is 0 Å². The first-order chi connectivity index (χ1) is 8.20. The fourth-order valence-electron chi connectivity index (χ4n) is 1.52. The van der Waals surface area contributed by atoms with E-state index >= 15 is 0 Å². The molecule has 2 aromatic rings. The topological polar surface area (TPSA) is 63.8 Å². The Balaban J connectivity index is 0.00000162. The Morgan fingerprint density at radius 2 is 2.22 bits per heavy atom. The van der Waals surface area contributed by atoms with Gasteiger partial charge in [-0.05, 0) is 32.5 Å². The quantitative estimate of drug-likeness (QED) is 0.919. The van der Waals surface area contributed by atoms with Crippen LogP contribution >= 0.6 is 12.4 Å². The minimum atomic E-state index is 0. The Kier molecular flexibility index (Phi) is 5.25. The number of aryl methyl sites for hydroxylation is 1. The van der Waals surface area contributed by atoms with E-state index in [1.165, 1.54) is 0 Å². The van der Waals surface area contributed by atoms with E-state index in [-0.39, 0.29) is 12.4 Å². The summed E-state index contributed by atoms with van der Waals surface area (Å²) in [5.41, 5.74) is 1.78. The Hall–Kier alpha value is -1.46. The van der Waals surface area contributed by atoms with E-state index in [0.717, 1.165) is 17.7 Å². The van der Waals surface area contributed by atoms with Gasteiger partial charge in [0.05, 0.1) is 0 Å². The van der Waals surface area contributed by atoms with Crippen molar-refractivity contribution in [3.05, 3.63) is 29.7 Å². The maximum absolute atomic E-state index is 5.23. The van der Waals surface area contributed by atoms with Crippen LogP contribution in [0.5, 0.6) is 0 Å². The van der Waals surface area contributed by atoms with Crippen molar-refractivity contribution < 1.29 is 4.52 Å². The van der Waals surface area contributed by atoms with Gasteiger partial charge in [0.1, 0.15) is 5.69 Å². The molecule has 0 aliphatic heterocycles. The second-order valence-electron chi connectivity index (χ2n) is 4.08. The van der Waals surface area contributed by atoms with E-state index in [2.05, 4.69) is 27.4 Å². The molecule has 1 unspecified atom stereocenters. The standard InChI is InChI=1S/C12H16N4O.ClH/c1-8-5-4-6-14-11(8)12-15-10(16-17-12)7-9(2)13-3;/h4-6,9,13H,7H2,1-3H3;1H. The number of rotatable bonds is 4. The average molecular weight is 269 g/mol. The Bertz CT molecular complexity index is 500. The van der Waals surface area contributed by atoms with E-state index in [0.29, 0.717) is 17.8 Å². The highest BCUT2D eigenvalue weighted by Crippen LogP contribution is 2.18. The molecule has 18 heavy (non-hydrogen) atoms. The number of hydrogen-bond donors (Lipinski definition) is 1. The van der Waals surface area contributed by atoms with Gasteiger partial charge in [0, 0.05) is 18.7 Å². The first-order valence-corrected chi connectivity index (χ1v) is 5.62. The van der Waals surface area contributed by atoms with Crippen molar-refractivity contribution in [1.82, 2.24) is 20.4 Å². The van der Waals surface area contributed by atoms with Crippen LogP contribution in [0.25, 0.3) is 11.6 Å². The third kappa shape index (κ3) is 3.27. The summed E-state index contributed by atoms with van der Waals surface area (Å²) in [6.45, 7) is 4.05. The molecule has 98 valence electrons. The average Bonchev–Trinajstić information content (AvgIpc) is 2.78. The third-order valence-electron chi connectivity index (χ3n) is 2.66. The van der Waals surface area contributed by atoms with Crippen molar-refractivity contribution in [2.24, 2.45) is 0 Å². The van der Waals surface area contributed by atoms with Gasteiger partial charge in [-0.15, -0.1) is 12.4 Å². The lowest BCUT2D eigenvalue weighted by Crippen LogP contribution is -2.24. The number of aromatic nitrogens is 3. The molecule has 0 amide bonds. The molecule has 2 aromatic heterocycles. The van der Waals surface area contributed by atoms with Gasteiger partial charge in [-0.1, -0.05) is 11.2 Å². The van der Waals surface area contributed by atoms with E-state index < -0.39 is 0 Å². The third-order valence-corrected chi connectivity index (χ3v) is 2.66. The summed E-state index contributed by atoms with van der Waals surface area (Å²) < 4.78 is 5.23. The van der Waals surface area contributed by atoms with Crippen LogP contribution in [0.4, 0.5) is 0 Å². The second kappa shape index (κ2) is 6.47. The zero-order valence-corrected chi connectivity index (χ0v) is 11.5. The predicted octanol–water partition coefficient (Wildman–Crippen LogP) is 2.01. The number of nitrogens with zero attached hydrogens (tertiary/aromatic N) is 3. The first kappa shape index (κ1) is 14.6. The summed E-state index contributed by atoms with van der Waals surface area (Å²) in [7, 11) is 1.91. The molecule has 2 heterocycles. The molecular weight excluding hydrogens is 252 g/mol. The van der Waals surface area contributed by atoms with E-state index in [4.69, 9.17) is 4.52 Å². The van der Waals surface area contributed by atoms with E-state index in [9.17, 15) is 0 Å². The molecule has 0 aliphatic carbocycles. The van der Waals surface area contributed by atoms with Crippen LogP contribution in [0.3, 0.4) is 0 Å². The van der Waals surface area contributed by atoms with Gasteiger partial charge in [0.15, 0.2) is 5.82 Å². The van der Waals surface area contributed by atoms with Gasteiger partial charge in [0.25, 0.3) is 5.89 Å². The summed E-state index contributed by atoms with van der Waals surface area (Å²) in [5.74, 6) is 1.19. The molecule has 1 N–H and O–H groups in total. The van der Waals surface area contributed by atoms with E-state index in [1.807, 2.05) is 26.1 Å². The summed E-state index contributed by atoms with van der Waals surface area (Å²) in [6.07, 6.45) is 2.47. The Morgan fingerprint density at radius 3 is 2.89 bits per heavy atom. The summed E-state index contributed by atoms with van der Waals surface area (Å²) >= 11 is 0. The minimum absolute atomic E-state index is 0. The molecule has 0 saturated heterocycles. The highest BCUT2D eigenvalue weighted by Gasteiger charge is 2.13. The van der Waals surface area contributed by atoms with Crippen LogP contribution in [0, 0.1) is 6.92 Å². The van der Waals surface area contributed by atoms with Crippen molar-refractivity contribution in [2.45, 2.75) is 26.3 Å². The summed E-state index contributed by atoms with van der Waals surface area (Å²) in [6, 6.07) is 4.19. The first-order valence-electron chi connectivity index (χ1n) is 5.62. The van der Waals surface area contributed by atoms with Crippen molar-refractivity contribution in [2.75, 3.05) is 7.05 Å². The number of pyridine rings is 1. The summed E-state index contributed by atoms with van der Waals surface area (Å²) in [4.78, 5) is 8.60. The smallest absolute Gasteiger partial charge is 0.276 e. The Morgan fingerprint density at radius 1 is 1.44 bits per heavy atom. The van der Waals surface area contributed by atoms with Crippen molar-refractivity contribution >= 4 is 12.4 Å². The van der Waals surface area contributed by atoms with Crippen LogP contribution in [0.15, 0.2) is 22.9 Å². The highest BCUT2D eigenvalue weighted by molar-refractivity contribution is 5.85. The molecule has 6 heteroatoms. The molecule has 0 fully saturated rings. The minimum Gasteiger partial charge on any atom is -0.332 e. The molecular formula is C12H17ClN4O. The zero-order valence-electron chi connectivity index (χ0n) is 10.7. The molecule has 0 saturated carbocycles. The van der Waals surface area contributed by atoms with Gasteiger partial charge in [0.2, 0.25) is 0 Å². The fourth-order valence-corrected chi connectivity index (χ4v) is 1.52. The van der Waals surface area contributed by atoms with Crippen LogP contribution in [0.2, 0.25) is 0 Å². The SMILES string of the molecule is CNC(C)Cc1noc(-c2ncccc2C)n1.Cl. The lowest BCUT2D eigenvalue weighted by molar-refractivity contribution is 0.417. The monoisotopic (exact) mass is 268 g/mol. The van der Waals surface area contributed by atoms with E-state index in [1.54, 1.807) is 6.20 Å². The van der Waals surface area contributed by atoms with Gasteiger partial charge in [-0.3, -0.25) is 4.98 Å². The van der Waals surface area contributed by atoms with Gasteiger partial charge in [-0.25, -0.2) is 0 Å². The largest absolute Gasteiger partial charge is 0.332 e. The molecule has 2 rings (SSSR count). The molecule has 0 spiro atoms. The van der Waals surface area contributed by atoms with Crippen molar-refractivity contribution in [3.8, 4) is 11.6 Å². The van der Waals surface area contributed by atoms with Gasteiger partial charge >= 0.3 is 0 Å². The van der Waals surface area contributed by atoms with Crippen LogP contribution in [0.1, 0.15) is 18.3 Å². The maximum Gasteiger partial charge on any atom is 0.276 e. The van der Waals surface area contributed by atoms with Crippen LogP contribution < -0.4 is 5.32 Å². The van der Waals surface area contributed by atoms with Gasteiger partial charge < -0.3 is 9.84 Å². The molecule has 0 aromatic carbocycles. The zero-order chi connectivity index (χ0) is 12.3. The Labute approximate surface area is 112 Å². The predicted molar refractivity (Wildman–Crippen MR) is 71.7 cm³/mol. The maximum atomic E-state index is 5.23. The number of hydrogen-bond acceptors (Lipinski definition) is 5. The lowest BCUT2D eigenvalue weighted by atomic mass is 10.2. The lowest BCUT2D eigenvalue weighted by Gasteiger charge is -2.04. The molecule has 1 atom stereocenters. The molecule has 0 bridgehead atoms. The number of likely N-dealkylation sites (N-methyl/N-ethyl adjacent to an activating group) is 1. The van der Waals surface area contributed by atoms with Crippen LogP contribution in [-0.2, 0) is 6.42 Å². The molecule has 0 radical (unpaired) electrons. The van der Waals surface area contributed by atoms with Crippen LogP contribution in [-0.4, -0.2) is 28.2 Å². The number of nitrogens with one attached hydrogen (secondary N) is 1. The van der Waals surface area contributed by atoms with Crippen molar-refractivity contribution in [1.29, 1.82) is 0 Å². The summed E-state index contributed by atoms with van der Waals surface area (Å²) in [5, 5.41) is 7.09. The highest BCUT2D eigenvalue weighted by atomic mass is 35.5. The number of halogens is 1. The normalized spacial score (nSPS) is 11.9. The van der Waals surface area contributed by atoms with Gasteiger partial charge in [-0.2, -0.15) is 4.98 Å².